The average Bonchev–Trinajstić information content (AvgIpc) is 2.77. The number of fused-ring (bicyclic) bond motifs is 1. The van der Waals surface area contributed by atoms with Gasteiger partial charge in [-0.15, -0.1) is 12.4 Å². The Bertz CT molecular complexity index is 1090. The minimum atomic E-state index is -3.64. The van der Waals surface area contributed by atoms with E-state index in [9.17, 15) is 13.5 Å². The number of phenolic OH excluding ortho intramolecular Hbond substituents is 1. The van der Waals surface area contributed by atoms with Crippen LogP contribution >= 0.6 is 35.6 Å². The molecule has 2 atom stereocenters. The number of hydrogen-bond donors (Lipinski definition) is 2. The molecule has 0 amide bonds. The molecular formula is C22H27Cl3N2O4S. The van der Waals surface area contributed by atoms with Gasteiger partial charge in [0.1, 0.15) is 5.75 Å². The fourth-order valence-corrected chi connectivity index (χ4v) is 6.41. The second-order valence-electron chi connectivity index (χ2n) is 8.22. The van der Waals surface area contributed by atoms with Gasteiger partial charge in [0.2, 0.25) is 10.0 Å². The van der Waals surface area contributed by atoms with Gasteiger partial charge in [0.15, 0.2) is 0 Å². The van der Waals surface area contributed by atoms with Crippen LogP contribution < -0.4 is 5.73 Å². The summed E-state index contributed by atoms with van der Waals surface area (Å²) in [5.74, 6) is 0.492. The molecular weight excluding hydrogens is 495 g/mol. The summed E-state index contributed by atoms with van der Waals surface area (Å²) in [5, 5.41) is 11.1. The first-order valence-corrected chi connectivity index (χ1v) is 12.5. The number of phenols is 1. The van der Waals surface area contributed by atoms with E-state index in [0.717, 1.165) is 16.7 Å². The van der Waals surface area contributed by atoms with Gasteiger partial charge in [-0.2, -0.15) is 4.31 Å². The molecule has 2 aromatic rings. The molecule has 0 radical (unpaired) electrons. The quantitative estimate of drug-likeness (QED) is 0.619. The van der Waals surface area contributed by atoms with Gasteiger partial charge >= 0.3 is 0 Å². The number of hydrogen-bond acceptors (Lipinski definition) is 5. The van der Waals surface area contributed by atoms with Crippen molar-refractivity contribution in [2.45, 2.75) is 43.3 Å². The van der Waals surface area contributed by atoms with Crippen LogP contribution in [0, 0.1) is 12.8 Å². The van der Waals surface area contributed by atoms with Crippen molar-refractivity contribution >= 4 is 45.6 Å². The Kier molecular flexibility index (Phi) is 8.03. The van der Waals surface area contributed by atoms with E-state index in [1.54, 1.807) is 0 Å². The zero-order valence-corrected chi connectivity index (χ0v) is 20.8. The van der Waals surface area contributed by atoms with Crippen LogP contribution in [0.25, 0.3) is 0 Å². The van der Waals surface area contributed by atoms with Crippen molar-refractivity contribution in [2.24, 2.45) is 11.7 Å². The third-order valence-electron chi connectivity index (χ3n) is 6.38. The number of aryl methyl sites for hydroxylation is 1. The van der Waals surface area contributed by atoms with Crippen LogP contribution in [0.15, 0.2) is 35.2 Å². The molecule has 3 N–H and O–H groups in total. The Labute approximate surface area is 205 Å². The third-order valence-corrected chi connectivity index (χ3v) is 9.01. The van der Waals surface area contributed by atoms with Crippen LogP contribution in [0.3, 0.4) is 0 Å². The van der Waals surface area contributed by atoms with Crippen molar-refractivity contribution in [3.63, 3.8) is 0 Å². The van der Waals surface area contributed by atoms with Gasteiger partial charge in [-0.1, -0.05) is 35.3 Å². The maximum Gasteiger partial charge on any atom is 0.243 e. The first-order valence-electron chi connectivity index (χ1n) is 10.3. The molecule has 32 heavy (non-hydrogen) atoms. The number of nitrogens with two attached hydrogens (primary N) is 1. The molecule has 1 fully saturated rings. The lowest BCUT2D eigenvalue weighted by Crippen LogP contribution is -2.44. The highest BCUT2D eigenvalue weighted by Crippen LogP contribution is 2.40. The summed E-state index contributed by atoms with van der Waals surface area (Å²) in [6.07, 6.45) is 1.57. The smallest absolute Gasteiger partial charge is 0.243 e. The lowest BCUT2D eigenvalue weighted by molar-refractivity contribution is -0.0612. The van der Waals surface area contributed by atoms with Crippen molar-refractivity contribution in [3.8, 4) is 5.75 Å². The van der Waals surface area contributed by atoms with Crippen molar-refractivity contribution in [1.82, 2.24) is 4.31 Å². The predicted molar refractivity (Wildman–Crippen MR) is 128 cm³/mol. The molecule has 2 heterocycles. The maximum atomic E-state index is 13.0. The van der Waals surface area contributed by atoms with E-state index in [2.05, 4.69) is 0 Å². The lowest BCUT2D eigenvalue weighted by atomic mass is 9.83. The van der Waals surface area contributed by atoms with E-state index in [4.69, 9.17) is 33.7 Å². The van der Waals surface area contributed by atoms with Gasteiger partial charge in [0, 0.05) is 31.6 Å². The molecule has 6 nitrogen and oxygen atoms in total. The second kappa shape index (κ2) is 10.1. The predicted octanol–water partition coefficient (Wildman–Crippen LogP) is 4.47. The normalized spacial score (nSPS) is 22.2. The molecule has 0 saturated carbocycles. The van der Waals surface area contributed by atoms with Crippen molar-refractivity contribution in [1.29, 1.82) is 0 Å². The number of aromatic hydroxyl groups is 1. The molecule has 0 aromatic heterocycles. The summed E-state index contributed by atoms with van der Waals surface area (Å²) >= 11 is 11.9. The number of rotatable bonds is 4. The molecule has 0 bridgehead atoms. The lowest BCUT2D eigenvalue weighted by Gasteiger charge is -2.40. The number of nitrogens with zero attached hydrogens (tertiary/aromatic N) is 1. The van der Waals surface area contributed by atoms with Gasteiger partial charge in [-0.3, -0.25) is 0 Å². The summed E-state index contributed by atoms with van der Waals surface area (Å²) < 4.78 is 33.8. The van der Waals surface area contributed by atoms with E-state index in [-0.39, 0.29) is 40.5 Å². The van der Waals surface area contributed by atoms with Crippen molar-refractivity contribution in [3.05, 3.63) is 57.1 Å². The van der Waals surface area contributed by atoms with Crippen LogP contribution in [0.5, 0.6) is 5.75 Å². The Morgan fingerprint density at radius 3 is 2.47 bits per heavy atom. The van der Waals surface area contributed by atoms with E-state index in [1.165, 1.54) is 22.5 Å². The molecule has 0 spiro atoms. The fourth-order valence-electron chi connectivity index (χ4n) is 4.55. The standard InChI is InChI=1S/C22H26Cl2N2O4S.ClH/c1-13-2-4-16-17(22(13)27)11-20(30-21(16)12-25)14-6-8-26(9-7-14)31(28,29)15-3-5-18(23)19(24)10-15;/h2-5,10,14,20-21,27H,6-9,11-12,25H2,1H3;1H/t20-,21-;/m0./s1. The Morgan fingerprint density at radius 1 is 1.16 bits per heavy atom. The Morgan fingerprint density at radius 2 is 1.84 bits per heavy atom. The topological polar surface area (TPSA) is 92.9 Å². The van der Waals surface area contributed by atoms with Crippen LogP contribution in [-0.4, -0.2) is 43.6 Å². The van der Waals surface area contributed by atoms with Gasteiger partial charge in [-0.25, -0.2) is 8.42 Å². The molecule has 1 saturated heterocycles. The van der Waals surface area contributed by atoms with Crippen LogP contribution in [-0.2, 0) is 21.2 Å². The zero-order chi connectivity index (χ0) is 22.3. The van der Waals surface area contributed by atoms with Gasteiger partial charge < -0.3 is 15.6 Å². The van der Waals surface area contributed by atoms with Crippen molar-refractivity contribution < 1.29 is 18.3 Å². The number of halogens is 3. The number of piperidine rings is 1. The molecule has 176 valence electrons. The van der Waals surface area contributed by atoms with Crippen LogP contribution in [0.2, 0.25) is 10.0 Å². The highest BCUT2D eigenvalue weighted by Gasteiger charge is 2.37. The summed E-state index contributed by atoms with van der Waals surface area (Å²) in [6, 6.07) is 8.23. The molecule has 2 aliphatic rings. The summed E-state index contributed by atoms with van der Waals surface area (Å²) in [6.45, 7) is 3.00. The minimum Gasteiger partial charge on any atom is -0.507 e. The largest absolute Gasteiger partial charge is 0.507 e. The second-order valence-corrected chi connectivity index (χ2v) is 11.0. The molecule has 4 rings (SSSR count). The van der Waals surface area contributed by atoms with E-state index < -0.39 is 10.0 Å². The summed E-state index contributed by atoms with van der Waals surface area (Å²) in [7, 11) is -3.64. The van der Waals surface area contributed by atoms with Gasteiger partial charge in [0.05, 0.1) is 27.1 Å². The molecule has 10 heteroatoms. The Hall–Kier alpha value is -1.06. The minimum absolute atomic E-state index is 0. The number of sulfonamides is 1. The van der Waals surface area contributed by atoms with E-state index in [0.29, 0.717) is 49.7 Å². The van der Waals surface area contributed by atoms with Crippen LogP contribution in [0.4, 0.5) is 0 Å². The molecule has 2 aromatic carbocycles. The SMILES string of the molecule is Cc1ccc2c(c1O)C[C@@H](C1CCN(S(=O)(=O)c3ccc(Cl)c(Cl)c3)CC1)O[C@H]2CN.Cl. The summed E-state index contributed by atoms with van der Waals surface area (Å²) in [4.78, 5) is 0.145. The average molecular weight is 522 g/mol. The highest BCUT2D eigenvalue weighted by atomic mass is 35.5. The number of benzene rings is 2. The fraction of sp³-hybridized carbons (Fsp3) is 0.455. The molecule has 0 unspecified atom stereocenters. The van der Waals surface area contributed by atoms with Gasteiger partial charge in [0.25, 0.3) is 0 Å². The Balaban J connectivity index is 0.00000289. The van der Waals surface area contributed by atoms with E-state index in [1.807, 2.05) is 19.1 Å². The van der Waals surface area contributed by atoms with Crippen molar-refractivity contribution in [2.75, 3.05) is 19.6 Å². The molecule has 2 aliphatic heterocycles. The maximum absolute atomic E-state index is 13.0. The number of ether oxygens (including phenoxy) is 1. The zero-order valence-electron chi connectivity index (χ0n) is 17.6. The first-order chi connectivity index (χ1) is 14.7. The van der Waals surface area contributed by atoms with Crippen LogP contribution in [0.1, 0.15) is 35.6 Å². The van der Waals surface area contributed by atoms with E-state index >= 15 is 0 Å². The monoisotopic (exact) mass is 520 g/mol. The third kappa shape index (κ3) is 4.75. The highest BCUT2D eigenvalue weighted by molar-refractivity contribution is 7.89. The summed E-state index contributed by atoms with van der Waals surface area (Å²) in [5.41, 5.74) is 8.63. The first kappa shape index (κ1) is 25.6. The van der Waals surface area contributed by atoms with Gasteiger partial charge in [-0.05, 0) is 55.0 Å². The molecule has 0 aliphatic carbocycles.